The number of hydrogen-bond acceptors (Lipinski definition) is 4. The lowest BCUT2D eigenvalue weighted by Gasteiger charge is -2.26. The second-order valence-electron chi connectivity index (χ2n) is 4.94. The van der Waals surface area contributed by atoms with E-state index in [1.54, 1.807) is 23.2 Å². The summed E-state index contributed by atoms with van der Waals surface area (Å²) in [5.41, 5.74) is 1.99. The van der Waals surface area contributed by atoms with Crippen molar-refractivity contribution in [3.8, 4) is 0 Å². The fourth-order valence-electron chi connectivity index (χ4n) is 2.27. The van der Waals surface area contributed by atoms with Crippen LogP contribution in [0.25, 0.3) is 0 Å². The predicted molar refractivity (Wildman–Crippen MR) is 85.7 cm³/mol. The summed E-state index contributed by atoms with van der Waals surface area (Å²) in [7, 11) is 0. The molecule has 1 aromatic heterocycles. The van der Waals surface area contributed by atoms with Crippen LogP contribution in [0, 0.1) is 0 Å². The second kappa shape index (κ2) is 6.77. The van der Waals surface area contributed by atoms with E-state index in [1.807, 2.05) is 24.3 Å². The van der Waals surface area contributed by atoms with Crippen molar-refractivity contribution in [3.63, 3.8) is 0 Å². The number of anilines is 2. The van der Waals surface area contributed by atoms with Gasteiger partial charge in [-0.2, -0.15) is 0 Å². The van der Waals surface area contributed by atoms with Crippen LogP contribution in [0.15, 0.2) is 42.6 Å². The number of nitrogens with one attached hydrogen (secondary N) is 1. The Kier molecular flexibility index (Phi) is 4.56. The Labute approximate surface area is 133 Å². The number of rotatable bonds is 3. The summed E-state index contributed by atoms with van der Waals surface area (Å²) in [5.74, 6) is -0.0777. The molecule has 2 aromatic rings. The molecule has 1 amide bonds. The lowest BCUT2D eigenvalue weighted by molar-refractivity contribution is 0.0299. The Bertz CT molecular complexity index is 672. The summed E-state index contributed by atoms with van der Waals surface area (Å²) >= 11 is 6.13. The Morgan fingerprint density at radius 3 is 2.77 bits per heavy atom. The Hall–Kier alpha value is -2.11. The summed E-state index contributed by atoms with van der Waals surface area (Å²) in [6.45, 7) is 2.35. The first-order chi connectivity index (χ1) is 10.7. The van der Waals surface area contributed by atoms with Crippen LogP contribution < -0.4 is 5.32 Å². The average molecular weight is 318 g/mol. The third kappa shape index (κ3) is 3.37. The number of amides is 1. The Morgan fingerprint density at radius 1 is 1.23 bits per heavy atom. The van der Waals surface area contributed by atoms with Gasteiger partial charge in [-0.3, -0.25) is 9.78 Å². The van der Waals surface area contributed by atoms with Crippen molar-refractivity contribution < 1.29 is 9.53 Å². The van der Waals surface area contributed by atoms with Crippen LogP contribution in [-0.4, -0.2) is 42.1 Å². The molecule has 0 atom stereocenters. The number of halogens is 1. The van der Waals surface area contributed by atoms with E-state index in [0.717, 1.165) is 11.4 Å². The molecule has 1 saturated heterocycles. The van der Waals surface area contributed by atoms with Crippen molar-refractivity contribution >= 4 is 28.9 Å². The van der Waals surface area contributed by atoms with Gasteiger partial charge in [-0.15, -0.1) is 0 Å². The maximum Gasteiger partial charge on any atom is 0.272 e. The van der Waals surface area contributed by atoms with Crippen LogP contribution in [0.5, 0.6) is 0 Å². The molecule has 2 heterocycles. The van der Waals surface area contributed by atoms with E-state index < -0.39 is 0 Å². The molecule has 0 aliphatic carbocycles. The predicted octanol–water partition coefficient (Wildman–Crippen LogP) is 2.95. The first kappa shape index (κ1) is 14.8. The highest BCUT2D eigenvalue weighted by Gasteiger charge is 2.19. The molecule has 3 rings (SSSR count). The first-order valence-corrected chi connectivity index (χ1v) is 7.46. The van der Waals surface area contributed by atoms with Crippen LogP contribution in [0.3, 0.4) is 0 Å². The van der Waals surface area contributed by atoms with E-state index in [-0.39, 0.29) is 5.91 Å². The van der Waals surface area contributed by atoms with Gasteiger partial charge >= 0.3 is 0 Å². The van der Waals surface area contributed by atoms with E-state index in [0.29, 0.717) is 37.0 Å². The van der Waals surface area contributed by atoms with E-state index in [9.17, 15) is 4.79 Å². The average Bonchev–Trinajstić information content (AvgIpc) is 2.57. The maximum absolute atomic E-state index is 12.4. The summed E-state index contributed by atoms with van der Waals surface area (Å²) < 4.78 is 5.26. The number of ether oxygens (including phenoxy) is 1. The van der Waals surface area contributed by atoms with Crippen molar-refractivity contribution in [2.75, 3.05) is 31.6 Å². The lowest BCUT2D eigenvalue weighted by Crippen LogP contribution is -2.41. The topological polar surface area (TPSA) is 54.5 Å². The second-order valence-corrected chi connectivity index (χ2v) is 5.35. The maximum atomic E-state index is 12.4. The van der Waals surface area contributed by atoms with Gasteiger partial charge in [0.15, 0.2) is 0 Å². The van der Waals surface area contributed by atoms with E-state index in [1.165, 1.54) is 0 Å². The van der Waals surface area contributed by atoms with E-state index in [2.05, 4.69) is 10.3 Å². The zero-order valence-electron chi connectivity index (χ0n) is 12.0. The Balaban J connectivity index is 1.77. The van der Waals surface area contributed by atoms with Gasteiger partial charge in [-0.25, -0.2) is 0 Å². The number of pyridine rings is 1. The lowest BCUT2D eigenvalue weighted by atomic mass is 10.2. The SMILES string of the molecule is O=C(c1cc(Nc2ccccc2Cl)ccn1)N1CCOCC1. The van der Waals surface area contributed by atoms with Crippen molar-refractivity contribution in [1.29, 1.82) is 0 Å². The smallest absolute Gasteiger partial charge is 0.272 e. The number of carbonyl (C=O) groups excluding carboxylic acids is 1. The first-order valence-electron chi connectivity index (χ1n) is 7.09. The van der Waals surface area contributed by atoms with Gasteiger partial charge in [-0.1, -0.05) is 23.7 Å². The van der Waals surface area contributed by atoms with Crippen LogP contribution in [0.1, 0.15) is 10.5 Å². The third-order valence-electron chi connectivity index (χ3n) is 3.43. The molecule has 0 saturated carbocycles. The minimum atomic E-state index is -0.0777. The van der Waals surface area contributed by atoms with Crippen LogP contribution in [0.4, 0.5) is 11.4 Å². The molecule has 1 aliphatic heterocycles. The summed E-state index contributed by atoms with van der Waals surface area (Å²) in [6, 6.07) is 11.0. The van der Waals surface area contributed by atoms with Gasteiger partial charge in [0.1, 0.15) is 5.69 Å². The number of hydrogen-bond donors (Lipinski definition) is 1. The molecule has 1 fully saturated rings. The van der Waals surface area contributed by atoms with Crippen molar-refractivity contribution in [2.45, 2.75) is 0 Å². The fourth-order valence-corrected chi connectivity index (χ4v) is 2.45. The highest BCUT2D eigenvalue weighted by molar-refractivity contribution is 6.33. The van der Waals surface area contributed by atoms with Crippen LogP contribution >= 0.6 is 11.6 Å². The molecule has 1 N–H and O–H groups in total. The number of morpholine rings is 1. The fraction of sp³-hybridized carbons (Fsp3) is 0.250. The molecule has 0 unspecified atom stereocenters. The highest BCUT2D eigenvalue weighted by Crippen LogP contribution is 2.25. The minimum absolute atomic E-state index is 0.0777. The molecule has 114 valence electrons. The largest absolute Gasteiger partial charge is 0.378 e. The molecule has 0 bridgehead atoms. The Morgan fingerprint density at radius 2 is 2.00 bits per heavy atom. The van der Waals surface area contributed by atoms with Crippen molar-refractivity contribution in [1.82, 2.24) is 9.88 Å². The molecular weight excluding hydrogens is 302 g/mol. The van der Waals surface area contributed by atoms with Crippen molar-refractivity contribution in [3.05, 3.63) is 53.3 Å². The molecule has 1 aromatic carbocycles. The van der Waals surface area contributed by atoms with Crippen LogP contribution in [0.2, 0.25) is 5.02 Å². The summed E-state index contributed by atoms with van der Waals surface area (Å²) in [5, 5.41) is 3.83. The van der Waals surface area contributed by atoms with Crippen LogP contribution in [-0.2, 0) is 4.74 Å². The van der Waals surface area contributed by atoms with Gasteiger partial charge in [-0.05, 0) is 24.3 Å². The highest BCUT2D eigenvalue weighted by atomic mass is 35.5. The normalized spacial score (nSPS) is 14.7. The van der Waals surface area contributed by atoms with Gasteiger partial charge in [0.05, 0.1) is 23.9 Å². The number of para-hydroxylation sites is 1. The van der Waals surface area contributed by atoms with Gasteiger partial charge in [0.2, 0.25) is 0 Å². The molecule has 1 aliphatic rings. The standard InChI is InChI=1S/C16H16ClN3O2/c17-13-3-1-2-4-14(13)19-12-5-6-18-15(11-12)16(21)20-7-9-22-10-8-20/h1-6,11H,7-10H2,(H,18,19). The molecule has 0 radical (unpaired) electrons. The quantitative estimate of drug-likeness (QED) is 0.945. The van der Waals surface area contributed by atoms with Gasteiger partial charge < -0.3 is 15.0 Å². The van der Waals surface area contributed by atoms with Crippen molar-refractivity contribution in [2.24, 2.45) is 0 Å². The number of carbonyl (C=O) groups is 1. The zero-order valence-corrected chi connectivity index (χ0v) is 12.7. The summed E-state index contributed by atoms with van der Waals surface area (Å²) in [6.07, 6.45) is 1.62. The van der Waals surface area contributed by atoms with E-state index in [4.69, 9.17) is 16.3 Å². The third-order valence-corrected chi connectivity index (χ3v) is 3.76. The minimum Gasteiger partial charge on any atom is -0.378 e. The molecule has 22 heavy (non-hydrogen) atoms. The molecular formula is C16H16ClN3O2. The number of aromatic nitrogens is 1. The monoisotopic (exact) mass is 317 g/mol. The zero-order chi connectivity index (χ0) is 15.4. The molecule has 6 heteroatoms. The van der Waals surface area contributed by atoms with Gasteiger partial charge in [0.25, 0.3) is 5.91 Å². The molecule has 0 spiro atoms. The molecule has 5 nitrogen and oxygen atoms in total. The van der Waals surface area contributed by atoms with Gasteiger partial charge in [0, 0.05) is 25.0 Å². The number of nitrogens with zero attached hydrogens (tertiary/aromatic N) is 2. The summed E-state index contributed by atoms with van der Waals surface area (Å²) in [4.78, 5) is 18.4. The number of benzene rings is 1. The van der Waals surface area contributed by atoms with E-state index >= 15 is 0 Å².